The molecule has 1 saturated heterocycles. The molecule has 1 saturated carbocycles. The van der Waals surface area contributed by atoms with Crippen molar-refractivity contribution >= 4 is 16.0 Å². The number of carboxylic acid groups (broad SMARTS) is 1. The van der Waals surface area contributed by atoms with Crippen LogP contribution in [-0.2, 0) is 19.7 Å². The third-order valence-electron chi connectivity index (χ3n) is 3.16. The quantitative estimate of drug-likeness (QED) is 0.772. The molecule has 7 heteroatoms. The van der Waals surface area contributed by atoms with E-state index in [0.29, 0.717) is 38.8 Å². The van der Waals surface area contributed by atoms with Crippen molar-refractivity contribution in [3.8, 4) is 0 Å². The van der Waals surface area contributed by atoms with E-state index < -0.39 is 27.2 Å². The minimum absolute atomic E-state index is 0.338. The largest absolute Gasteiger partial charge is 0.481 e. The first-order chi connectivity index (χ1) is 7.53. The molecular weight excluding hydrogens is 234 g/mol. The van der Waals surface area contributed by atoms with Gasteiger partial charge in [0.15, 0.2) is 0 Å². The zero-order valence-corrected chi connectivity index (χ0v) is 9.65. The van der Waals surface area contributed by atoms with Gasteiger partial charge in [-0.25, -0.2) is 8.42 Å². The fraction of sp³-hybridized carbons (Fsp3) is 0.889. The summed E-state index contributed by atoms with van der Waals surface area (Å²) in [5, 5.41) is 8.15. The second-order valence-electron chi connectivity index (χ2n) is 4.17. The van der Waals surface area contributed by atoms with Crippen LogP contribution in [0.25, 0.3) is 0 Å². The Kier molecular flexibility index (Phi) is 3.18. The fourth-order valence-corrected chi connectivity index (χ4v) is 4.38. The summed E-state index contributed by atoms with van der Waals surface area (Å²) in [5.41, 5.74) is 0. The third kappa shape index (κ3) is 1.94. The van der Waals surface area contributed by atoms with Gasteiger partial charge < -0.3 is 5.11 Å². The fourth-order valence-electron chi connectivity index (χ4n) is 2.34. The van der Waals surface area contributed by atoms with E-state index in [-0.39, 0.29) is 0 Å². The van der Waals surface area contributed by atoms with E-state index in [4.69, 9.17) is 9.94 Å². The summed E-state index contributed by atoms with van der Waals surface area (Å²) in [7, 11) is -3.60. The zero-order chi connectivity index (χ0) is 11.8. The molecule has 16 heavy (non-hydrogen) atoms. The van der Waals surface area contributed by atoms with Crippen LogP contribution >= 0.6 is 0 Å². The van der Waals surface area contributed by atoms with Gasteiger partial charge >= 0.3 is 5.97 Å². The minimum atomic E-state index is -3.60. The summed E-state index contributed by atoms with van der Waals surface area (Å²) in [6.07, 6.45) is 2.17. The standard InChI is InChI=1S/C9H15NO5S/c11-9(12)7-3-1-4-8(7)16(13,14)10-5-2-6-15-10/h7-8H,1-6H2,(H,11,12). The molecule has 1 aliphatic carbocycles. The van der Waals surface area contributed by atoms with Gasteiger partial charge in [0.25, 0.3) is 0 Å². The summed E-state index contributed by atoms with van der Waals surface area (Å²) >= 11 is 0. The van der Waals surface area contributed by atoms with Crippen LogP contribution in [0.4, 0.5) is 0 Å². The normalized spacial score (nSPS) is 32.0. The van der Waals surface area contributed by atoms with Crippen molar-refractivity contribution in [1.82, 2.24) is 4.47 Å². The number of hydrogen-bond acceptors (Lipinski definition) is 4. The van der Waals surface area contributed by atoms with Gasteiger partial charge in [-0.15, -0.1) is 0 Å². The number of hydrogen-bond donors (Lipinski definition) is 1. The van der Waals surface area contributed by atoms with Crippen molar-refractivity contribution in [1.29, 1.82) is 0 Å². The topological polar surface area (TPSA) is 83.9 Å². The second-order valence-corrected chi connectivity index (χ2v) is 6.21. The Morgan fingerprint density at radius 3 is 2.62 bits per heavy atom. The summed E-state index contributed by atoms with van der Waals surface area (Å²) in [4.78, 5) is 16.0. The van der Waals surface area contributed by atoms with Crippen LogP contribution in [0.15, 0.2) is 0 Å². The predicted octanol–water partition coefficient (Wildman–Crippen LogP) is 0.207. The van der Waals surface area contributed by atoms with E-state index in [9.17, 15) is 13.2 Å². The van der Waals surface area contributed by atoms with Crippen LogP contribution in [0.3, 0.4) is 0 Å². The van der Waals surface area contributed by atoms with Gasteiger partial charge in [0, 0.05) is 6.54 Å². The number of rotatable bonds is 3. The van der Waals surface area contributed by atoms with Crippen molar-refractivity contribution < 1.29 is 23.2 Å². The Bertz CT molecular complexity index is 373. The Hall–Kier alpha value is -0.660. The highest BCUT2D eigenvalue weighted by molar-refractivity contribution is 7.89. The van der Waals surface area contributed by atoms with E-state index >= 15 is 0 Å². The lowest BCUT2D eigenvalue weighted by Gasteiger charge is -2.22. The molecule has 0 aromatic rings. The highest BCUT2D eigenvalue weighted by Crippen LogP contribution is 2.33. The number of hydroxylamine groups is 1. The first-order valence-electron chi connectivity index (χ1n) is 5.41. The van der Waals surface area contributed by atoms with Crippen LogP contribution in [-0.4, -0.2) is 42.4 Å². The van der Waals surface area contributed by atoms with Gasteiger partial charge in [-0.2, -0.15) is 0 Å². The van der Waals surface area contributed by atoms with Crippen molar-refractivity contribution in [3.05, 3.63) is 0 Å². The Balaban J connectivity index is 2.19. The van der Waals surface area contributed by atoms with Gasteiger partial charge in [0.2, 0.25) is 10.0 Å². The monoisotopic (exact) mass is 249 g/mol. The average Bonchev–Trinajstić information content (AvgIpc) is 2.89. The maximum atomic E-state index is 12.1. The van der Waals surface area contributed by atoms with E-state index in [1.807, 2.05) is 0 Å². The summed E-state index contributed by atoms with van der Waals surface area (Å²) in [6, 6.07) is 0. The molecule has 6 nitrogen and oxygen atoms in total. The van der Waals surface area contributed by atoms with Crippen molar-refractivity contribution in [2.24, 2.45) is 5.92 Å². The molecule has 0 aromatic carbocycles. The maximum absolute atomic E-state index is 12.1. The molecule has 0 spiro atoms. The predicted molar refractivity (Wildman–Crippen MR) is 55.0 cm³/mol. The number of carbonyl (C=O) groups is 1. The zero-order valence-electron chi connectivity index (χ0n) is 8.83. The number of carboxylic acids is 1. The molecule has 2 unspecified atom stereocenters. The molecule has 2 aliphatic rings. The van der Waals surface area contributed by atoms with Gasteiger partial charge in [-0.3, -0.25) is 9.63 Å². The smallest absolute Gasteiger partial charge is 0.307 e. The van der Waals surface area contributed by atoms with Gasteiger partial charge in [-0.05, 0) is 19.3 Å². The molecule has 0 aromatic heterocycles. The maximum Gasteiger partial charge on any atom is 0.307 e. The number of sulfonamides is 1. The Labute approximate surface area is 94.2 Å². The van der Waals surface area contributed by atoms with Crippen LogP contribution in [0.1, 0.15) is 25.7 Å². The molecule has 2 rings (SSSR count). The third-order valence-corrected chi connectivity index (χ3v) is 5.34. The first-order valence-corrected chi connectivity index (χ1v) is 6.91. The molecule has 0 amide bonds. The molecule has 1 aliphatic heterocycles. The Morgan fingerprint density at radius 1 is 1.31 bits per heavy atom. The van der Waals surface area contributed by atoms with Crippen LogP contribution in [0.5, 0.6) is 0 Å². The molecule has 1 N–H and O–H groups in total. The lowest BCUT2D eigenvalue weighted by molar-refractivity contribution is -0.141. The molecule has 2 atom stereocenters. The highest BCUT2D eigenvalue weighted by Gasteiger charge is 2.45. The minimum Gasteiger partial charge on any atom is -0.481 e. The molecule has 1 heterocycles. The Morgan fingerprint density at radius 2 is 2.06 bits per heavy atom. The van der Waals surface area contributed by atoms with Gasteiger partial charge in [-0.1, -0.05) is 10.9 Å². The lowest BCUT2D eigenvalue weighted by atomic mass is 10.1. The molecule has 2 fully saturated rings. The van der Waals surface area contributed by atoms with E-state index in [0.717, 1.165) is 4.47 Å². The number of nitrogens with zero attached hydrogens (tertiary/aromatic N) is 1. The van der Waals surface area contributed by atoms with Crippen molar-refractivity contribution in [2.75, 3.05) is 13.2 Å². The average molecular weight is 249 g/mol. The molecular formula is C9H15NO5S. The van der Waals surface area contributed by atoms with E-state index in [1.165, 1.54) is 0 Å². The molecule has 0 radical (unpaired) electrons. The van der Waals surface area contributed by atoms with Crippen LogP contribution in [0.2, 0.25) is 0 Å². The first kappa shape index (κ1) is 11.8. The van der Waals surface area contributed by atoms with Crippen molar-refractivity contribution in [3.63, 3.8) is 0 Å². The lowest BCUT2D eigenvalue weighted by Crippen LogP contribution is -2.40. The van der Waals surface area contributed by atoms with Crippen LogP contribution < -0.4 is 0 Å². The molecule has 92 valence electrons. The SMILES string of the molecule is O=C(O)C1CCCC1S(=O)(=O)N1CCCO1. The number of aliphatic carboxylic acids is 1. The van der Waals surface area contributed by atoms with E-state index in [2.05, 4.69) is 0 Å². The van der Waals surface area contributed by atoms with Gasteiger partial charge in [0.1, 0.15) is 0 Å². The summed E-state index contributed by atoms with van der Waals surface area (Å²) < 4.78 is 25.1. The molecule has 0 bridgehead atoms. The summed E-state index contributed by atoms with van der Waals surface area (Å²) in [5.74, 6) is -1.81. The van der Waals surface area contributed by atoms with E-state index in [1.54, 1.807) is 0 Å². The van der Waals surface area contributed by atoms with Crippen LogP contribution in [0, 0.1) is 5.92 Å². The summed E-state index contributed by atoms with van der Waals surface area (Å²) in [6.45, 7) is 0.731. The van der Waals surface area contributed by atoms with Gasteiger partial charge in [0.05, 0.1) is 17.8 Å². The second kappa shape index (κ2) is 4.31. The van der Waals surface area contributed by atoms with Crippen molar-refractivity contribution in [2.45, 2.75) is 30.9 Å². The highest BCUT2D eigenvalue weighted by atomic mass is 32.2.